The van der Waals surface area contributed by atoms with E-state index in [1.807, 2.05) is 12.1 Å². The molecule has 1 aliphatic carbocycles. The molecule has 1 saturated carbocycles. The highest BCUT2D eigenvalue weighted by Crippen LogP contribution is 2.32. The van der Waals surface area contributed by atoms with E-state index in [1.165, 1.54) is 18.3 Å². The quantitative estimate of drug-likeness (QED) is 0.904. The van der Waals surface area contributed by atoms with Gasteiger partial charge in [-0.05, 0) is 31.0 Å². The number of rotatable bonds is 3. The van der Waals surface area contributed by atoms with Gasteiger partial charge in [0.15, 0.2) is 5.13 Å². The van der Waals surface area contributed by atoms with Gasteiger partial charge in [-0.15, -0.1) is 0 Å². The number of aromatic nitrogens is 1. The summed E-state index contributed by atoms with van der Waals surface area (Å²) in [6.07, 6.45) is 1.95. The van der Waals surface area contributed by atoms with Gasteiger partial charge in [-0.3, -0.25) is 9.59 Å². The lowest BCUT2D eigenvalue weighted by atomic mass is 10.3. The molecule has 0 unspecified atom stereocenters. The minimum Gasteiger partial charge on any atom is -0.326 e. The third-order valence-electron chi connectivity index (χ3n) is 2.89. The van der Waals surface area contributed by atoms with Crippen LogP contribution in [0.2, 0.25) is 0 Å². The first-order valence-corrected chi connectivity index (χ1v) is 6.92. The third-order valence-corrected chi connectivity index (χ3v) is 3.82. The number of nitrogens with one attached hydrogen (secondary N) is 2. The molecule has 19 heavy (non-hydrogen) atoms. The first kappa shape index (κ1) is 12.1. The standard InChI is InChI=1S/C13H13N3O2S/c1-7(17)14-9-4-5-10-11(6-9)19-13(15-10)16-12(18)8-2-3-8/h4-6,8H,2-3H2,1H3,(H,14,17)(H,15,16,18). The van der Waals surface area contributed by atoms with Gasteiger partial charge in [-0.1, -0.05) is 11.3 Å². The molecule has 1 aliphatic rings. The molecule has 6 heteroatoms. The minimum atomic E-state index is -0.105. The molecule has 2 aromatic rings. The molecule has 1 heterocycles. The van der Waals surface area contributed by atoms with Crippen LogP contribution in [-0.2, 0) is 9.59 Å². The van der Waals surface area contributed by atoms with Gasteiger partial charge in [0.1, 0.15) is 0 Å². The molecule has 0 atom stereocenters. The number of fused-ring (bicyclic) bond motifs is 1. The van der Waals surface area contributed by atoms with Crippen LogP contribution in [0.1, 0.15) is 19.8 Å². The predicted octanol–water partition coefficient (Wildman–Crippen LogP) is 2.60. The van der Waals surface area contributed by atoms with E-state index in [-0.39, 0.29) is 17.7 Å². The number of anilines is 2. The average Bonchev–Trinajstić information content (AvgIpc) is 3.10. The third kappa shape index (κ3) is 2.73. The fraction of sp³-hybridized carbons (Fsp3) is 0.308. The van der Waals surface area contributed by atoms with Crippen LogP contribution in [0.3, 0.4) is 0 Å². The highest BCUT2D eigenvalue weighted by atomic mass is 32.1. The normalized spacial score (nSPS) is 14.4. The first-order chi connectivity index (χ1) is 9.11. The van der Waals surface area contributed by atoms with Crippen molar-refractivity contribution >= 4 is 44.2 Å². The predicted molar refractivity (Wildman–Crippen MR) is 75.3 cm³/mol. The molecule has 2 amide bonds. The highest BCUT2D eigenvalue weighted by molar-refractivity contribution is 7.22. The second-order valence-corrected chi connectivity index (χ2v) is 5.68. The molecule has 0 radical (unpaired) electrons. The van der Waals surface area contributed by atoms with Crippen LogP contribution < -0.4 is 10.6 Å². The second kappa shape index (κ2) is 4.62. The van der Waals surface area contributed by atoms with E-state index >= 15 is 0 Å². The van der Waals surface area contributed by atoms with Gasteiger partial charge in [-0.25, -0.2) is 4.98 Å². The summed E-state index contributed by atoms with van der Waals surface area (Å²) in [6.45, 7) is 1.47. The van der Waals surface area contributed by atoms with Gasteiger partial charge in [-0.2, -0.15) is 0 Å². The van der Waals surface area contributed by atoms with Crippen LogP contribution in [0.25, 0.3) is 10.2 Å². The van der Waals surface area contributed by atoms with E-state index in [9.17, 15) is 9.59 Å². The highest BCUT2D eigenvalue weighted by Gasteiger charge is 2.30. The Hall–Kier alpha value is -1.95. The van der Waals surface area contributed by atoms with E-state index in [0.29, 0.717) is 5.13 Å². The number of hydrogen-bond donors (Lipinski definition) is 2. The number of amides is 2. The van der Waals surface area contributed by atoms with E-state index < -0.39 is 0 Å². The summed E-state index contributed by atoms with van der Waals surface area (Å²) in [7, 11) is 0. The summed E-state index contributed by atoms with van der Waals surface area (Å²) in [6, 6.07) is 5.50. The zero-order valence-corrected chi connectivity index (χ0v) is 11.2. The van der Waals surface area contributed by atoms with Crippen molar-refractivity contribution < 1.29 is 9.59 Å². The number of carbonyl (C=O) groups excluding carboxylic acids is 2. The second-order valence-electron chi connectivity index (χ2n) is 4.65. The van der Waals surface area contributed by atoms with Crippen LogP contribution in [-0.4, -0.2) is 16.8 Å². The number of benzene rings is 1. The fourth-order valence-electron chi connectivity index (χ4n) is 1.81. The van der Waals surface area contributed by atoms with Crippen molar-refractivity contribution in [1.29, 1.82) is 0 Å². The topological polar surface area (TPSA) is 71.1 Å². The van der Waals surface area contributed by atoms with Crippen LogP contribution in [0, 0.1) is 5.92 Å². The summed E-state index contributed by atoms with van der Waals surface area (Å²) in [5.74, 6) is 0.120. The lowest BCUT2D eigenvalue weighted by Crippen LogP contribution is -2.12. The Morgan fingerprint density at radius 1 is 1.32 bits per heavy atom. The summed E-state index contributed by atoms with van der Waals surface area (Å²) in [5, 5.41) is 6.18. The van der Waals surface area contributed by atoms with Gasteiger partial charge in [0, 0.05) is 18.5 Å². The first-order valence-electron chi connectivity index (χ1n) is 6.11. The molecule has 1 fully saturated rings. The van der Waals surface area contributed by atoms with Crippen LogP contribution in [0.15, 0.2) is 18.2 Å². The van der Waals surface area contributed by atoms with Crippen molar-refractivity contribution in [2.24, 2.45) is 5.92 Å². The molecule has 0 aliphatic heterocycles. The zero-order valence-electron chi connectivity index (χ0n) is 10.4. The molecule has 2 N–H and O–H groups in total. The molecule has 0 saturated heterocycles. The molecule has 1 aromatic carbocycles. The van der Waals surface area contributed by atoms with Gasteiger partial charge in [0.25, 0.3) is 0 Å². The molecule has 98 valence electrons. The van der Waals surface area contributed by atoms with E-state index in [4.69, 9.17) is 0 Å². The van der Waals surface area contributed by atoms with Crippen molar-refractivity contribution in [1.82, 2.24) is 4.98 Å². The smallest absolute Gasteiger partial charge is 0.229 e. The van der Waals surface area contributed by atoms with E-state index in [0.717, 1.165) is 28.7 Å². The summed E-state index contributed by atoms with van der Waals surface area (Å²) < 4.78 is 0.942. The maximum absolute atomic E-state index is 11.7. The molecular formula is C13H13N3O2S. The lowest BCUT2D eigenvalue weighted by Gasteiger charge is -1.99. The van der Waals surface area contributed by atoms with Crippen molar-refractivity contribution in [3.8, 4) is 0 Å². The SMILES string of the molecule is CC(=O)Nc1ccc2nc(NC(=O)C3CC3)sc2c1. The number of hydrogen-bond acceptors (Lipinski definition) is 4. The molecule has 3 rings (SSSR count). The largest absolute Gasteiger partial charge is 0.326 e. The molecule has 5 nitrogen and oxygen atoms in total. The van der Waals surface area contributed by atoms with Gasteiger partial charge < -0.3 is 10.6 Å². The zero-order chi connectivity index (χ0) is 13.4. The Morgan fingerprint density at radius 3 is 2.79 bits per heavy atom. The molecule has 0 bridgehead atoms. The van der Waals surface area contributed by atoms with Crippen molar-refractivity contribution in [3.05, 3.63) is 18.2 Å². The fourth-order valence-corrected chi connectivity index (χ4v) is 2.72. The molecule has 0 spiro atoms. The Kier molecular flexibility index (Phi) is 2.94. The lowest BCUT2D eigenvalue weighted by molar-refractivity contribution is -0.117. The number of carbonyl (C=O) groups is 2. The summed E-state index contributed by atoms with van der Waals surface area (Å²) in [5.41, 5.74) is 1.56. The van der Waals surface area contributed by atoms with Crippen molar-refractivity contribution in [2.45, 2.75) is 19.8 Å². The average molecular weight is 275 g/mol. The minimum absolute atomic E-state index is 0.0566. The van der Waals surface area contributed by atoms with Gasteiger partial charge in [0.05, 0.1) is 10.2 Å². The Morgan fingerprint density at radius 2 is 2.11 bits per heavy atom. The van der Waals surface area contributed by atoms with Crippen molar-refractivity contribution in [2.75, 3.05) is 10.6 Å². The monoisotopic (exact) mass is 275 g/mol. The summed E-state index contributed by atoms with van der Waals surface area (Å²) in [4.78, 5) is 27.0. The van der Waals surface area contributed by atoms with Gasteiger partial charge in [0.2, 0.25) is 11.8 Å². The van der Waals surface area contributed by atoms with E-state index in [2.05, 4.69) is 15.6 Å². The van der Waals surface area contributed by atoms with Crippen LogP contribution in [0.5, 0.6) is 0 Å². The number of thiazole rings is 1. The van der Waals surface area contributed by atoms with Crippen LogP contribution >= 0.6 is 11.3 Å². The Bertz CT molecular complexity index is 661. The number of nitrogens with zero attached hydrogens (tertiary/aromatic N) is 1. The maximum atomic E-state index is 11.7. The van der Waals surface area contributed by atoms with Gasteiger partial charge >= 0.3 is 0 Å². The maximum Gasteiger partial charge on any atom is 0.229 e. The molecule has 1 aromatic heterocycles. The molecular weight excluding hydrogens is 262 g/mol. The van der Waals surface area contributed by atoms with Crippen molar-refractivity contribution in [3.63, 3.8) is 0 Å². The van der Waals surface area contributed by atoms with Crippen LogP contribution in [0.4, 0.5) is 10.8 Å². The Labute approximate surface area is 114 Å². The summed E-state index contributed by atoms with van der Waals surface area (Å²) >= 11 is 1.42. The Balaban J connectivity index is 1.83. The van der Waals surface area contributed by atoms with E-state index in [1.54, 1.807) is 6.07 Å².